The Morgan fingerprint density at radius 3 is 2.59 bits per heavy atom. The molecule has 0 radical (unpaired) electrons. The van der Waals surface area contributed by atoms with Crippen molar-refractivity contribution in [3.63, 3.8) is 0 Å². The van der Waals surface area contributed by atoms with E-state index in [9.17, 15) is 4.79 Å². The van der Waals surface area contributed by atoms with E-state index in [1.165, 1.54) is 19.3 Å². The van der Waals surface area contributed by atoms with Gasteiger partial charge < -0.3 is 10.2 Å². The van der Waals surface area contributed by atoms with Gasteiger partial charge in [0.15, 0.2) is 0 Å². The summed E-state index contributed by atoms with van der Waals surface area (Å²) in [7, 11) is 0. The number of hydrogen-bond acceptors (Lipinski definition) is 3. The van der Waals surface area contributed by atoms with Gasteiger partial charge in [0.1, 0.15) is 11.9 Å². The quantitative estimate of drug-likeness (QED) is 0.876. The fraction of sp³-hybridized carbons (Fsp3) is 0.765. The SMILES string of the molecule is CCN(C(=O)C(C)Nc1ccn(C(C)C)n1)C1CCCCC1. The minimum absolute atomic E-state index is 0.188. The number of anilines is 1. The number of nitrogens with zero attached hydrogens (tertiary/aromatic N) is 3. The van der Waals surface area contributed by atoms with Crippen molar-refractivity contribution in [2.45, 2.75) is 77.9 Å². The Morgan fingerprint density at radius 1 is 1.36 bits per heavy atom. The highest BCUT2D eigenvalue weighted by atomic mass is 16.2. The topological polar surface area (TPSA) is 50.2 Å². The number of amides is 1. The molecule has 0 spiro atoms. The van der Waals surface area contributed by atoms with Crippen LogP contribution in [0, 0.1) is 0 Å². The van der Waals surface area contributed by atoms with Crippen LogP contribution in [0.3, 0.4) is 0 Å². The minimum atomic E-state index is -0.239. The van der Waals surface area contributed by atoms with Gasteiger partial charge in [0.05, 0.1) is 0 Å². The number of aromatic nitrogens is 2. The number of carbonyl (C=O) groups is 1. The second-order valence-electron chi connectivity index (χ2n) is 6.56. The third-order valence-corrected chi connectivity index (χ3v) is 4.51. The van der Waals surface area contributed by atoms with Crippen LogP contribution < -0.4 is 5.32 Å². The molecule has 5 heteroatoms. The van der Waals surface area contributed by atoms with Gasteiger partial charge in [-0.15, -0.1) is 0 Å². The summed E-state index contributed by atoms with van der Waals surface area (Å²) in [5.41, 5.74) is 0. The normalized spacial score (nSPS) is 17.5. The monoisotopic (exact) mass is 306 g/mol. The van der Waals surface area contributed by atoms with Crippen LogP contribution in [0.5, 0.6) is 0 Å². The molecule has 0 bridgehead atoms. The van der Waals surface area contributed by atoms with Crippen LogP contribution in [0.15, 0.2) is 12.3 Å². The molecule has 1 heterocycles. The summed E-state index contributed by atoms with van der Waals surface area (Å²) in [5.74, 6) is 0.961. The third kappa shape index (κ3) is 4.02. The first-order chi connectivity index (χ1) is 10.5. The molecule has 1 aliphatic carbocycles. The molecule has 1 amide bonds. The number of likely N-dealkylation sites (N-methyl/N-ethyl adjacent to an activating group) is 1. The lowest BCUT2D eigenvalue weighted by Crippen LogP contribution is -2.47. The fourth-order valence-corrected chi connectivity index (χ4v) is 3.22. The molecule has 1 saturated carbocycles. The Kier molecular flexibility index (Phi) is 5.86. The lowest BCUT2D eigenvalue weighted by Gasteiger charge is -2.35. The molecule has 1 atom stereocenters. The van der Waals surface area contributed by atoms with Crippen LogP contribution in [-0.2, 0) is 4.79 Å². The highest BCUT2D eigenvalue weighted by Gasteiger charge is 2.27. The van der Waals surface area contributed by atoms with E-state index in [0.29, 0.717) is 12.1 Å². The zero-order valence-corrected chi connectivity index (χ0v) is 14.4. The smallest absolute Gasteiger partial charge is 0.245 e. The van der Waals surface area contributed by atoms with Crippen LogP contribution in [0.2, 0.25) is 0 Å². The van der Waals surface area contributed by atoms with Gasteiger partial charge in [0, 0.05) is 30.9 Å². The largest absolute Gasteiger partial charge is 0.357 e. The fourth-order valence-electron chi connectivity index (χ4n) is 3.22. The van der Waals surface area contributed by atoms with Crippen molar-refractivity contribution in [3.8, 4) is 0 Å². The molecular weight excluding hydrogens is 276 g/mol. The third-order valence-electron chi connectivity index (χ3n) is 4.51. The molecule has 0 aliphatic heterocycles. The van der Waals surface area contributed by atoms with Gasteiger partial charge in [-0.25, -0.2) is 0 Å². The summed E-state index contributed by atoms with van der Waals surface area (Å²) in [6.45, 7) is 8.98. The molecule has 1 aliphatic rings. The first kappa shape index (κ1) is 16.8. The molecule has 2 rings (SSSR count). The van der Waals surface area contributed by atoms with Gasteiger partial charge in [0.25, 0.3) is 0 Å². The standard InChI is InChI=1S/C17H30N4O/c1-5-20(15-9-7-6-8-10-15)17(22)14(4)18-16-11-12-21(19-16)13(2)3/h11-15H,5-10H2,1-4H3,(H,18,19). The highest BCUT2D eigenvalue weighted by Crippen LogP contribution is 2.23. The first-order valence-electron chi connectivity index (χ1n) is 8.65. The minimum Gasteiger partial charge on any atom is -0.357 e. The molecule has 1 unspecified atom stereocenters. The lowest BCUT2D eigenvalue weighted by molar-refractivity contribution is -0.134. The number of carbonyl (C=O) groups excluding carboxylic acids is 1. The maximum absolute atomic E-state index is 12.7. The van der Waals surface area contributed by atoms with Crippen molar-refractivity contribution >= 4 is 11.7 Å². The Balaban J connectivity index is 1.96. The van der Waals surface area contributed by atoms with E-state index in [1.54, 1.807) is 0 Å². The van der Waals surface area contributed by atoms with Gasteiger partial charge in [-0.3, -0.25) is 9.48 Å². The van der Waals surface area contributed by atoms with Crippen molar-refractivity contribution in [1.82, 2.24) is 14.7 Å². The van der Waals surface area contributed by atoms with E-state index in [1.807, 2.05) is 23.9 Å². The maximum Gasteiger partial charge on any atom is 0.245 e. The number of nitrogens with one attached hydrogen (secondary N) is 1. The van der Waals surface area contributed by atoms with Crippen LogP contribution in [0.25, 0.3) is 0 Å². The Morgan fingerprint density at radius 2 is 2.05 bits per heavy atom. The van der Waals surface area contributed by atoms with E-state index in [0.717, 1.165) is 25.2 Å². The summed E-state index contributed by atoms with van der Waals surface area (Å²) in [6, 6.07) is 2.44. The molecule has 1 N–H and O–H groups in total. The summed E-state index contributed by atoms with van der Waals surface area (Å²) in [4.78, 5) is 14.8. The second-order valence-corrected chi connectivity index (χ2v) is 6.56. The average molecular weight is 306 g/mol. The Hall–Kier alpha value is -1.52. The van der Waals surface area contributed by atoms with Gasteiger partial charge >= 0.3 is 0 Å². The molecule has 1 aromatic rings. The van der Waals surface area contributed by atoms with Crippen LogP contribution in [-0.4, -0.2) is 39.2 Å². The zero-order valence-electron chi connectivity index (χ0n) is 14.4. The predicted molar refractivity (Wildman–Crippen MR) is 90.0 cm³/mol. The lowest BCUT2D eigenvalue weighted by atomic mass is 9.94. The predicted octanol–water partition coefficient (Wildman–Crippen LogP) is 3.45. The van der Waals surface area contributed by atoms with Crippen LogP contribution in [0.4, 0.5) is 5.82 Å². The van der Waals surface area contributed by atoms with Crippen molar-refractivity contribution < 1.29 is 4.79 Å². The molecular formula is C17H30N4O. The Labute approximate surface area is 134 Å². The molecule has 0 aromatic carbocycles. The van der Waals surface area contributed by atoms with Gasteiger partial charge in [-0.2, -0.15) is 5.10 Å². The average Bonchev–Trinajstić information content (AvgIpc) is 2.97. The summed E-state index contributed by atoms with van der Waals surface area (Å²) >= 11 is 0. The zero-order chi connectivity index (χ0) is 16.1. The van der Waals surface area contributed by atoms with Crippen molar-refractivity contribution in [2.24, 2.45) is 0 Å². The second kappa shape index (κ2) is 7.65. The van der Waals surface area contributed by atoms with Crippen molar-refractivity contribution in [3.05, 3.63) is 12.3 Å². The summed E-state index contributed by atoms with van der Waals surface area (Å²) < 4.78 is 1.90. The van der Waals surface area contributed by atoms with Gasteiger partial charge in [0.2, 0.25) is 5.91 Å². The van der Waals surface area contributed by atoms with E-state index in [4.69, 9.17) is 0 Å². The van der Waals surface area contributed by atoms with Crippen LogP contribution >= 0.6 is 0 Å². The maximum atomic E-state index is 12.7. The molecule has 1 fully saturated rings. The Bertz CT molecular complexity index is 477. The van der Waals surface area contributed by atoms with E-state index in [-0.39, 0.29) is 11.9 Å². The van der Waals surface area contributed by atoms with Crippen molar-refractivity contribution in [2.75, 3.05) is 11.9 Å². The first-order valence-corrected chi connectivity index (χ1v) is 8.65. The number of hydrogen-bond donors (Lipinski definition) is 1. The van der Waals surface area contributed by atoms with Crippen LogP contribution in [0.1, 0.15) is 65.8 Å². The molecule has 22 heavy (non-hydrogen) atoms. The van der Waals surface area contributed by atoms with Crippen molar-refractivity contribution in [1.29, 1.82) is 0 Å². The summed E-state index contributed by atoms with van der Waals surface area (Å²) in [5, 5.41) is 7.71. The van der Waals surface area contributed by atoms with E-state index >= 15 is 0 Å². The van der Waals surface area contributed by atoms with Gasteiger partial charge in [-0.05, 0) is 40.5 Å². The van der Waals surface area contributed by atoms with E-state index in [2.05, 4.69) is 36.1 Å². The summed E-state index contributed by atoms with van der Waals surface area (Å²) in [6.07, 6.45) is 8.04. The van der Waals surface area contributed by atoms with Gasteiger partial charge in [-0.1, -0.05) is 19.3 Å². The highest BCUT2D eigenvalue weighted by molar-refractivity contribution is 5.84. The molecule has 1 aromatic heterocycles. The molecule has 5 nitrogen and oxygen atoms in total. The molecule has 0 saturated heterocycles. The molecule has 124 valence electrons. The number of rotatable bonds is 6. The van der Waals surface area contributed by atoms with E-state index < -0.39 is 0 Å².